The summed E-state index contributed by atoms with van der Waals surface area (Å²) in [7, 11) is 1.66. The van der Waals surface area contributed by atoms with Gasteiger partial charge in [0, 0.05) is 30.1 Å². The summed E-state index contributed by atoms with van der Waals surface area (Å²) in [6.07, 6.45) is 0.491. The second-order valence-electron chi connectivity index (χ2n) is 4.18. The maximum Gasteiger partial charge on any atom is 0.135 e. The van der Waals surface area contributed by atoms with Crippen LogP contribution in [0.15, 0.2) is 24.3 Å². The summed E-state index contributed by atoms with van der Waals surface area (Å²) in [5.74, 6) is 1.04. The predicted octanol–water partition coefficient (Wildman–Crippen LogP) is 2.80. The van der Waals surface area contributed by atoms with Gasteiger partial charge >= 0.3 is 0 Å². The van der Waals surface area contributed by atoms with Crippen molar-refractivity contribution in [3.05, 3.63) is 30.0 Å². The normalized spacial score (nSPS) is 10.8. The highest BCUT2D eigenvalue weighted by Crippen LogP contribution is 2.25. The fraction of sp³-hybridized carbons (Fsp3) is 0.357. The Morgan fingerprint density at radius 3 is 2.71 bits per heavy atom. The highest BCUT2D eigenvalue weighted by atomic mass is 16.5. The minimum atomic E-state index is 0.189. The van der Waals surface area contributed by atoms with E-state index < -0.39 is 0 Å². The number of aryl methyl sites for hydroxylation is 1. The van der Waals surface area contributed by atoms with Crippen LogP contribution in [0.25, 0.3) is 10.9 Å². The molecule has 2 aromatic rings. The number of ether oxygens (including phenoxy) is 1. The lowest BCUT2D eigenvalue weighted by molar-refractivity contribution is -0.116. The molecule has 0 saturated carbocycles. The molecule has 1 heterocycles. The fourth-order valence-electron chi connectivity index (χ4n) is 2.19. The number of aromatic nitrogens is 1. The number of carbonyl (C=O) groups is 1. The van der Waals surface area contributed by atoms with Crippen molar-refractivity contribution in [3.63, 3.8) is 0 Å². The Morgan fingerprint density at radius 2 is 2.12 bits per heavy atom. The molecule has 0 radical (unpaired) electrons. The maximum atomic E-state index is 11.2. The Morgan fingerprint density at radius 1 is 1.35 bits per heavy atom. The summed E-state index contributed by atoms with van der Waals surface area (Å²) in [6, 6.07) is 8.08. The molecular weight excluding hydrogens is 214 g/mol. The predicted molar refractivity (Wildman–Crippen MR) is 68.5 cm³/mol. The summed E-state index contributed by atoms with van der Waals surface area (Å²) in [4.78, 5) is 11.2. The molecule has 0 amide bonds. The summed E-state index contributed by atoms with van der Waals surface area (Å²) in [5.41, 5.74) is 2.20. The number of methoxy groups -OCH3 is 1. The van der Waals surface area contributed by atoms with E-state index in [0.29, 0.717) is 6.42 Å². The van der Waals surface area contributed by atoms with Gasteiger partial charge in [-0.05, 0) is 32.0 Å². The average molecular weight is 231 g/mol. The lowest BCUT2D eigenvalue weighted by atomic mass is 10.2. The first-order valence-electron chi connectivity index (χ1n) is 5.81. The van der Waals surface area contributed by atoms with Gasteiger partial charge in [-0.2, -0.15) is 0 Å². The van der Waals surface area contributed by atoms with Crippen molar-refractivity contribution in [2.24, 2.45) is 0 Å². The molecule has 0 fully saturated rings. The van der Waals surface area contributed by atoms with Gasteiger partial charge in [0.05, 0.1) is 12.6 Å². The first-order chi connectivity index (χ1) is 8.15. The van der Waals surface area contributed by atoms with Gasteiger partial charge in [0.2, 0.25) is 0 Å². The number of rotatable bonds is 4. The van der Waals surface area contributed by atoms with Crippen LogP contribution in [0.5, 0.6) is 5.75 Å². The fourth-order valence-corrected chi connectivity index (χ4v) is 2.19. The Kier molecular flexibility index (Phi) is 3.18. The van der Waals surface area contributed by atoms with E-state index in [-0.39, 0.29) is 5.78 Å². The van der Waals surface area contributed by atoms with Crippen molar-refractivity contribution in [1.82, 2.24) is 4.57 Å². The summed E-state index contributed by atoms with van der Waals surface area (Å²) >= 11 is 0. The molecule has 17 heavy (non-hydrogen) atoms. The van der Waals surface area contributed by atoms with Crippen molar-refractivity contribution in [2.75, 3.05) is 7.11 Å². The average Bonchev–Trinajstić information content (AvgIpc) is 2.63. The molecule has 1 aromatic carbocycles. The van der Waals surface area contributed by atoms with Gasteiger partial charge in [0.25, 0.3) is 0 Å². The molecule has 0 aliphatic heterocycles. The Labute approximate surface area is 101 Å². The molecule has 0 spiro atoms. The minimum absolute atomic E-state index is 0.189. The molecule has 0 atom stereocenters. The molecule has 0 aliphatic rings. The summed E-state index contributed by atoms with van der Waals surface area (Å²) in [6.45, 7) is 4.57. The van der Waals surface area contributed by atoms with Gasteiger partial charge in [0.15, 0.2) is 0 Å². The van der Waals surface area contributed by atoms with E-state index in [1.54, 1.807) is 14.0 Å². The number of hydrogen-bond acceptors (Lipinski definition) is 2. The van der Waals surface area contributed by atoms with Crippen LogP contribution in [0.2, 0.25) is 0 Å². The van der Waals surface area contributed by atoms with Crippen LogP contribution in [-0.4, -0.2) is 17.5 Å². The second-order valence-corrected chi connectivity index (χ2v) is 4.18. The zero-order chi connectivity index (χ0) is 12.4. The molecule has 0 aliphatic carbocycles. The van der Waals surface area contributed by atoms with E-state index in [1.807, 2.05) is 18.2 Å². The van der Waals surface area contributed by atoms with Gasteiger partial charge in [-0.15, -0.1) is 0 Å². The van der Waals surface area contributed by atoms with Gasteiger partial charge in [0.1, 0.15) is 11.5 Å². The number of fused-ring (bicyclic) bond motifs is 1. The smallest absolute Gasteiger partial charge is 0.135 e. The third kappa shape index (κ3) is 2.18. The van der Waals surface area contributed by atoms with Gasteiger partial charge in [-0.3, -0.25) is 4.79 Å². The lowest BCUT2D eigenvalue weighted by Gasteiger charge is -2.07. The molecule has 0 unspecified atom stereocenters. The highest BCUT2D eigenvalue weighted by Gasteiger charge is 2.09. The van der Waals surface area contributed by atoms with Gasteiger partial charge < -0.3 is 9.30 Å². The first-order valence-corrected chi connectivity index (χ1v) is 5.81. The van der Waals surface area contributed by atoms with Crippen LogP contribution in [-0.2, 0) is 17.8 Å². The number of Topliss-reactive ketones (excluding diaryl/α,β-unsaturated/α-hetero) is 1. The number of nitrogens with zero attached hydrogens (tertiary/aromatic N) is 1. The largest absolute Gasteiger partial charge is 0.497 e. The SMILES string of the molecule is CCn1c(CC(C)=O)cc2ccc(OC)cc21. The molecule has 0 saturated heterocycles. The molecule has 3 heteroatoms. The zero-order valence-corrected chi connectivity index (χ0v) is 10.5. The van der Waals surface area contributed by atoms with E-state index in [9.17, 15) is 4.79 Å². The summed E-state index contributed by atoms with van der Waals surface area (Å²) in [5, 5.41) is 1.16. The van der Waals surface area contributed by atoms with E-state index in [1.165, 1.54) is 0 Å². The van der Waals surface area contributed by atoms with Crippen LogP contribution in [0.1, 0.15) is 19.5 Å². The Hall–Kier alpha value is -1.77. The molecule has 0 bridgehead atoms. The van der Waals surface area contributed by atoms with Crippen LogP contribution in [0.4, 0.5) is 0 Å². The Balaban J connectivity index is 2.58. The number of benzene rings is 1. The van der Waals surface area contributed by atoms with Crippen LogP contribution in [0, 0.1) is 0 Å². The lowest BCUT2D eigenvalue weighted by Crippen LogP contribution is -2.05. The molecular formula is C14H17NO2. The number of carbonyl (C=O) groups excluding carboxylic acids is 1. The van der Waals surface area contributed by atoms with Crippen LogP contribution < -0.4 is 4.74 Å². The van der Waals surface area contributed by atoms with Gasteiger partial charge in [-0.25, -0.2) is 0 Å². The topological polar surface area (TPSA) is 31.2 Å². The molecule has 1 aromatic heterocycles. The minimum Gasteiger partial charge on any atom is -0.497 e. The third-order valence-corrected chi connectivity index (χ3v) is 2.94. The van der Waals surface area contributed by atoms with E-state index >= 15 is 0 Å². The summed E-state index contributed by atoms with van der Waals surface area (Å²) < 4.78 is 7.40. The monoisotopic (exact) mass is 231 g/mol. The van der Waals surface area contributed by atoms with Crippen molar-refractivity contribution >= 4 is 16.7 Å². The van der Waals surface area contributed by atoms with Crippen LogP contribution in [0.3, 0.4) is 0 Å². The molecule has 90 valence electrons. The number of ketones is 1. The van der Waals surface area contributed by atoms with Gasteiger partial charge in [-0.1, -0.05) is 0 Å². The molecule has 2 rings (SSSR count). The second kappa shape index (κ2) is 4.62. The third-order valence-electron chi connectivity index (χ3n) is 2.94. The maximum absolute atomic E-state index is 11.2. The highest BCUT2D eigenvalue weighted by molar-refractivity contribution is 5.85. The number of hydrogen-bond donors (Lipinski definition) is 0. The Bertz CT molecular complexity index is 555. The molecule has 0 N–H and O–H groups in total. The van der Waals surface area contributed by atoms with E-state index in [0.717, 1.165) is 28.9 Å². The van der Waals surface area contributed by atoms with Crippen molar-refractivity contribution in [3.8, 4) is 5.75 Å². The molecule has 3 nitrogen and oxygen atoms in total. The standard InChI is InChI=1S/C14H17NO2/c1-4-15-12(7-10(2)16)8-11-5-6-13(17-3)9-14(11)15/h5-6,8-9H,4,7H2,1-3H3. The quantitative estimate of drug-likeness (QED) is 0.810. The van der Waals surface area contributed by atoms with E-state index in [2.05, 4.69) is 17.6 Å². The zero-order valence-electron chi connectivity index (χ0n) is 10.5. The van der Waals surface area contributed by atoms with Crippen molar-refractivity contribution in [2.45, 2.75) is 26.8 Å². The van der Waals surface area contributed by atoms with Crippen molar-refractivity contribution in [1.29, 1.82) is 0 Å². The van der Waals surface area contributed by atoms with Crippen molar-refractivity contribution < 1.29 is 9.53 Å². The van der Waals surface area contributed by atoms with Crippen LogP contribution >= 0.6 is 0 Å². The first kappa shape index (κ1) is 11.7. The van der Waals surface area contributed by atoms with E-state index in [4.69, 9.17) is 4.74 Å².